The lowest BCUT2D eigenvalue weighted by Crippen LogP contribution is -2.41. The van der Waals surface area contributed by atoms with Crippen molar-refractivity contribution in [3.8, 4) is 0 Å². The van der Waals surface area contributed by atoms with E-state index < -0.39 is 0 Å². The van der Waals surface area contributed by atoms with E-state index in [0.29, 0.717) is 0 Å². The molecule has 17 heavy (non-hydrogen) atoms. The van der Waals surface area contributed by atoms with Gasteiger partial charge in [-0.25, -0.2) is 0 Å². The van der Waals surface area contributed by atoms with Crippen molar-refractivity contribution in [2.75, 3.05) is 26.8 Å². The van der Waals surface area contributed by atoms with E-state index in [-0.39, 0.29) is 17.8 Å². The first-order valence-corrected chi connectivity index (χ1v) is 5.94. The van der Waals surface area contributed by atoms with Crippen LogP contribution in [0.25, 0.3) is 0 Å². The first-order chi connectivity index (χ1) is 7.85. The zero-order valence-corrected chi connectivity index (χ0v) is 11.1. The number of halogens is 1. The number of nitrogens with zero attached hydrogens (tertiary/aromatic N) is 1. The quantitative estimate of drug-likeness (QED) is 0.896. The highest BCUT2D eigenvalue weighted by atomic mass is 35.5. The average Bonchev–Trinajstić information content (AvgIpc) is 2.31. The summed E-state index contributed by atoms with van der Waals surface area (Å²) in [5.41, 5.74) is 1.47. The summed E-state index contributed by atoms with van der Waals surface area (Å²) >= 11 is 0. The van der Waals surface area contributed by atoms with Crippen molar-refractivity contribution in [3.63, 3.8) is 0 Å². The van der Waals surface area contributed by atoms with Gasteiger partial charge in [0, 0.05) is 24.4 Å². The summed E-state index contributed by atoms with van der Waals surface area (Å²) in [5.74, 6) is 0. The first kappa shape index (κ1) is 14.4. The molecule has 0 spiro atoms. The minimum Gasteiger partial charge on any atom is -0.384 e. The number of aromatic nitrogens is 1. The van der Waals surface area contributed by atoms with Crippen LogP contribution in [0.5, 0.6) is 0 Å². The smallest absolute Gasteiger partial charge is 0.0523 e. The molecular formula is C13H21ClN2O. The predicted octanol–water partition coefficient (Wildman–Crippen LogP) is 2.06. The Balaban J connectivity index is 0.00000144. The highest BCUT2D eigenvalue weighted by Crippen LogP contribution is 2.32. The lowest BCUT2D eigenvalue weighted by molar-refractivity contribution is 0.0533. The molecule has 1 aliphatic rings. The SMILES string of the molecule is COCC1(Cc2ccccn2)CCNCC1.Cl. The van der Waals surface area contributed by atoms with E-state index in [9.17, 15) is 0 Å². The van der Waals surface area contributed by atoms with Crippen LogP contribution in [0.15, 0.2) is 24.4 Å². The molecule has 0 aliphatic carbocycles. The summed E-state index contributed by atoms with van der Waals surface area (Å²) in [6, 6.07) is 6.14. The van der Waals surface area contributed by atoms with Gasteiger partial charge in [0.25, 0.3) is 0 Å². The van der Waals surface area contributed by atoms with Crippen molar-refractivity contribution in [1.82, 2.24) is 10.3 Å². The molecule has 0 bridgehead atoms. The molecular weight excluding hydrogens is 236 g/mol. The van der Waals surface area contributed by atoms with Gasteiger partial charge in [-0.05, 0) is 44.5 Å². The van der Waals surface area contributed by atoms with Crippen LogP contribution in [-0.2, 0) is 11.2 Å². The third kappa shape index (κ3) is 3.95. The summed E-state index contributed by atoms with van der Waals surface area (Å²) in [6.45, 7) is 3.03. The normalized spacial score (nSPS) is 18.4. The van der Waals surface area contributed by atoms with E-state index in [1.54, 1.807) is 7.11 Å². The van der Waals surface area contributed by atoms with Crippen LogP contribution in [0.1, 0.15) is 18.5 Å². The van der Waals surface area contributed by atoms with Crippen LogP contribution in [0.4, 0.5) is 0 Å². The van der Waals surface area contributed by atoms with E-state index in [2.05, 4.69) is 22.4 Å². The van der Waals surface area contributed by atoms with Gasteiger partial charge < -0.3 is 10.1 Å². The van der Waals surface area contributed by atoms with E-state index in [1.807, 2.05) is 12.3 Å². The Morgan fingerprint density at radius 2 is 2.12 bits per heavy atom. The minimum atomic E-state index is 0. The van der Waals surface area contributed by atoms with E-state index in [4.69, 9.17) is 4.74 Å². The molecule has 2 rings (SSSR count). The van der Waals surface area contributed by atoms with Gasteiger partial charge >= 0.3 is 0 Å². The van der Waals surface area contributed by atoms with Gasteiger partial charge in [0.1, 0.15) is 0 Å². The zero-order valence-electron chi connectivity index (χ0n) is 10.3. The van der Waals surface area contributed by atoms with Gasteiger partial charge in [0.15, 0.2) is 0 Å². The lowest BCUT2D eigenvalue weighted by Gasteiger charge is -2.36. The highest BCUT2D eigenvalue weighted by molar-refractivity contribution is 5.85. The second kappa shape index (κ2) is 6.94. The van der Waals surface area contributed by atoms with Crippen molar-refractivity contribution in [3.05, 3.63) is 30.1 Å². The molecule has 2 heterocycles. The molecule has 0 atom stereocenters. The van der Waals surface area contributed by atoms with E-state index in [0.717, 1.165) is 26.1 Å². The lowest BCUT2D eigenvalue weighted by atomic mass is 9.76. The van der Waals surface area contributed by atoms with Crippen LogP contribution in [0, 0.1) is 5.41 Å². The molecule has 0 aromatic carbocycles. The molecule has 4 heteroatoms. The maximum Gasteiger partial charge on any atom is 0.0523 e. The zero-order chi connectivity index (χ0) is 11.3. The molecule has 1 aromatic rings. The van der Waals surface area contributed by atoms with Gasteiger partial charge in [-0.3, -0.25) is 4.98 Å². The molecule has 0 unspecified atom stereocenters. The Bertz CT molecular complexity index is 307. The molecule has 1 fully saturated rings. The Morgan fingerprint density at radius 3 is 2.71 bits per heavy atom. The van der Waals surface area contributed by atoms with Gasteiger partial charge in [-0.15, -0.1) is 12.4 Å². The van der Waals surface area contributed by atoms with Crippen LogP contribution >= 0.6 is 12.4 Å². The predicted molar refractivity (Wildman–Crippen MR) is 71.6 cm³/mol. The average molecular weight is 257 g/mol. The molecule has 1 saturated heterocycles. The Kier molecular flexibility index (Phi) is 5.89. The molecule has 1 aliphatic heterocycles. The Hall–Kier alpha value is -0.640. The van der Waals surface area contributed by atoms with Gasteiger partial charge in [-0.2, -0.15) is 0 Å². The summed E-state index contributed by atoms with van der Waals surface area (Å²) in [4.78, 5) is 4.42. The fraction of sp³-hybridized carbons (Fsp3) is 0.615. The maximum absolute atomic E-state index is 5.40. The summed E-state index contributed by atoms with van der Waals surface area (Å²) < 4.78 is 5.40. The summed E-state index contributed by atoms with van der Waals surface area (Å²) in [7, 11) is 1.79. The van der Waals surface area contributed by atoms with Crippen molar-refractivity contribution in [1.29, 1.82) is 0 Å². The monoisotopic (exact) mass is 256 g/mol. The molecule has 0 amide bonds. The van der Waals surface area contributed by atoms with Gasteiger partial charge in [-0.1, -0.05) is 6.07 Å². The number of nitrogens with one attached hydrogen (secondary N) is 1. The van der Waals surface area contributed by atoms with Gasteiger partial charge in [0.2, 0.25) is 0 Å². The van der Waals surface area contributed by atoms with Crippen molar-refractivity contribution in [2.24, 2.45) is 5.41 Å². The number of hydrogen-bond donors (Lipinski definition) is 1. The molecule has 1 N–H and O–H groups in total. The van der Waals surface area contributed by atoms with Crippen molar-refractivity contribution >= 4 is 12.4 Å². The molecule has 3 nitrogen and oxygen atoms in total. The Labute approximate surface area is 109 Å². The molecule has 96 valence electrons. The minimum absolute atomic E-state index is 0. The van der Waals surface area contributed by atoms with E-state index >= 15 is 0 Å². The largest absolute Gasteiger partial charge is 0.384 e. The van der Waals surface area contributed by atoms with Crippen LogP contribution in [0.2, 0.25) is 0 Å². The van der Waals surface area contributed by atoms with Crippen molar-refractivity contribution < 1.29 is 4.74 Å². The Morgan fingerprint density at radius 1 is 1.35 bits per heavy atom. The third-order valence-corrected chi connectivity index (χ3v) is 3.40. The highest BCUT2D eigenvalue weighted by Gasteiger charge is 2.32. The van der Waals surface area contributed by atoms with Gasteiger partial charge in [0.05, 0.1) is 6.61 Å². The number of piperidine rings is 1. The number of rotatable bonds is 4. The van der Waals surface area contributed by atoms with Crippen LogP contribution in [0.3, 0.4) is 0 Å². The fourth-order valence-corrected chi connectivity index (χ4v) is 2.52. The van der Waals surface area contributed by atoms with Crippen LogP contribution in [-0.4, -0.2) is 31.8 Å². The standard InChI is InChI=1S/C13H20N2O.ClH/c1-16-11-13(5-8-14-9-6-13)10-12-4-2-3-7-15-12;/h2-4,7,14H,5-6,8-11H2,1H3;1H. The van der Waals surface area contributed by atoms with E-state index in [1.165, 1.54) is 18.5 Å². The molecule has 0 saturated carbocycles. The number of pyridine rings is 1. The second-order valence-electron chi connectivity index (χ2n) is 4.68. The number of hydrogen-bond acceptors (Lipinski definition) is 3. The number of methoxy groups -OCH3 is 1. The molecule has 0 radical (unpaired) electrons. The topological polar surface area (TPSA) is 34.1 Å². The van der Waals surface area contributed by atoms with Crippen molar-refractivity contribution in [2.45, 2.75) is 19.3 Å². The first-order valence-electron chi connectivity index (χ1n) is 5.94. The molecule has 1 aromatic heterocycles. The summed E-state index contributed by atoms with van der Waals surface area (Å²) in [5, 5.41) is 3.41. The third-order valence-electron chi connectivity index (χ3n) is 3.40. The second-order valence-corrected chi connectivity index (χ2v) is 4.68. The fourth-order valence-electron chi connectivity index (χ4n) is 2.52. The van der Waals surface area contributed by atoms with Crippen LogP contribution < -0.4 is 5.32 Å². The number of ether oxygens (including phenoxy) is 1. The maximum atomic E-state index is 5.40. The summed E-state index contributed by atoms with van der Waals surface area (Å²) in [6.07, 6.45) is 5.26.